The Balaban J connectivity index is 1.34. The molecule has 2 heterocycles. The Morgan fingerprint density at radius 3 is 1.69 bits per heavy atom. The zero-order valence-corrected chi connectivity index (χ0v) is 24.4. The molecule has 0 aliphatic heterocycles. The maximum atomic E-state index is 5.39. The molecule has 0 atom stereocenters. The highest BCUT2D eigenvalue weighted by Crippen LogP contribution is 2.38. The van der Waals surface area contributed by atoms with Crippen molar-refractivity contribution in [3.63, 3.8) is 0 Å². The van der Waals surface area contributed by atoms with Gasteiger partial charge in [0.1, 0.15) is 5.69 Å². The van der Waals surface area contributed by atoms with Crippen LogP contribution >= 0.6 is 0 Å². The molecule has 7 aromatic carbocycles. The third kappa shape index (κ3) is 4.29. The summed E-state index contributed by atoms with van der Waals surface area (Å²) in [5.74, 6) is 0.823. The van der Waals surface area contributed by atoms with E-state index in [0.29, 0.717) is 0 Å². The first-order valence-electron chi connectivity index (χ1n) is 15.3. The quantitative estimate of drug-likeness (QED) is 0.210. The predicted molar refractivity (Wildman–Crippen MR) is 188 cm³/mol. The van der Waals surface area contributed by atoms with Crippen LogP contribution in [0.25, 0.3) is 82.9 Å². The minimum absolute atomic E-state index is 0.823. The Labute approximate surface area is 260 Å². The number of aromatic nitrogens is 3. The molecular weight excluding hydrogens is 546 g/mol. The van der Waals surface area contributed by atoms with Gasteiger partial charge in [0, 0.05) is 16.3 Å². The minimum Gasteiger partial charge on any atom is -0.292 e. The highest BCUT2D eigenvalue weighted by molar-refractivity contribution is 6.14. The minimum atomic E-state index is 0.823. The summed E-state index contributed by atoms with van der Waals surface area (Å²) in [6.07, 6.45) is 0. The Morgan fingerprint density at radius 2 is 0.933 bits per heavy atom. The second-order valence-electron chi connectivity index (χ2n) is 11.5. The molecule has 210 valence electrons. The summed E-state index contributed by atoms with van der Waals surface area (Å²) < 4.78 is 2.30. The molecular formula is C42H27N3. The van der Waals surface area contributed by atoms with Crippen LogP contribution in [0.5, 0.6) is 0 Å². The molecule has 0 amide bonds. The molecule has 9 rings (SSSR count). The fourth-order valence-electron chi connectivity index (χ4n) is 6.54. The molecule has 9 aromatic rings. The molecule has 0 unspecified atom stereocenters. The van der Waals surface area contributed by atoms with E-state index in [1.807, 2.05) is 12.1 Å². The van der Waals surface area contributed by atoms with Gasteiger partial charge in [0.2, 0.25) is 0 Å². The monoisotopic (exact) mass is 573 g/mol. The van der Waals surface area contributed by atoms with Gasteiger partial charge in [0.15, 0.2) is 5.82 Å². The van der Waals surface area contributed by atoms with Crippen molar-refractivity contribution in [2.75, 3.05) is 0 Å². The van der Waals surface area contributed by atoms with Gasteiger partial charge in [-0.1, -0.05) is 133 Å². The Morgan fingerprint density at radius 1 is 0.356 bits per heavy atom. The molecule has 3 heteroatoms. The van der Waals surface area contributed by atoms with E-state index in [-0.39, 0.29) is 0 Å². The summed E-state index contributed by atoms with van der Waals surface area (Å²) in [6, 6.07) is 57.8. The van der Waals surface area contributed by atoms with Crippen LogP contribution in [0.4, 0.5) is 0 Å². The molecule has 0 aliphatic carbocycles. The van der Waals surface area contributed by atoms with Gasteiger partial charge in [-0.15, -0.1) is 0 Å². The fourth-order valence-corrected chi connectivity index (χ4v) is 6.54. The second kappa shape index (κ2) is 10.3. The van der Waals surface area contributed by atoms with E-state index in [1.165, 1.54) is 32.7 Å². The number of hydrogen-bond donors (Lipinski definition) is 0. The van der Waals surface area contributed by atoms with Gasteiger partial charge in [-0.05, 0) is 63.4 Å². The van der Waals surface area contributed by atoms with Crippen LogP contribution in [0.15, 0.2) is 164 Å². The molecule has 2 aromatic heterocycles. The Bertz CT molecular complexity index is 2510. The summed E-state index contributed by atoms with van der Waals surface area (Å²) >= 11 is 0. The van der Waals surface area contributed by atoms with Gasteiger partial charge >= 0.3 is 0 Å². The van der Waals surface area contributed by atoms with E-state index in [0.717, 1.165) is 50.3 Å². The predicted octanol–water partition coefficient (Wildman–Crippen LogP) is 10.9. The van der Waals surface area contributed by atoms with Crippen molar-refractivity contribution in [1.29, 1.82) is 0 Å². The lowest BCUT2D eigenvalue weighted by molar-refractivity contribution is 1.08. The summed E-state index contributed by atoms with van der Waals surface area (Å²) in [5, 5.41) is 4.83. The molecule has 0 fully saturated rings. The van der Waals surface area contributed by atoms with Crippen molar-refractivity contribution in [2.24, 2.45) is 0 Å². The molecule has 0 bridgehead atoms. The number of rotatable bonds is 4. The van der Waals surface area contributed by atoms with Crippen molar-refractivity contribution in [1.82, 2.24) is 14.5 Å². The molecule has 0 spiro atoms. The van der Waals surface area contributed by atoms with Crippen LogP contribution in [-0.4, -0.2) is 14.5 Å². The van der Waals surface area contributed by atoms with Gasteiger partial charge < -0.3 is 0 Å². The molecule has 3 nitrogen and oxygen atoms in total. The zero-order chi connectivity index (χ0) is 29.7. The topological polar surface area (TPSA) is 30.7 Å². The summed E-state index contributed by atoms with van der Waals surface area (Å²) in [4.78, 5) is 10.8. The maximum Gasteiger partial charge on any atom is 0.165 e. The van der Waals surface area contributed by atoms with Gasteiger partial charge in [0.05, 0.1) is 22.1 Å². The third-order valence-electron chi connectivity index (χ3n) is 8.77. The van der Waals surface area contributed by atoms with Crippen molar-refractivity contribution in [2.45, 2.75) is 0 Å². The normalized spacial score (nSPS) is 11.6. The highest BCUT2D eigenvalue weighted by Gasteiger charge is 2.20. The van der Waals surface area contributed by atoms with Crippen LogP contribution in [0.2, 0.25) is 0 Å². The molecule has 45 heavy (non-hydrogen) atoms. The van der Waals surface area contributed by atoms with E-state index in [4.69, 9.17) is 9.97 Å². The van der Waals surface area contributed by atoms with E-state index in [9.17, 15) is 0 Å². The maximum absolute atomic E-state index is 5.39. The second-order valence-corrected chi connectivity index (χ2v) is 11.5. The smallest absolute Gasteiger partial charge is 0.165 e. The molecule has 0 N–H and O–H groups in total. The van der Waals surface area contributed by atoms with Crippen molar-refractivity contribution < 1.29 is 0 Å². The van der Waals surface area contributed by atoms with E-state index < -0.39 is 0 Å². The summed E-state index contributed by atoms with van der Waals surface area (Å²) in [5.41, 5.74) is 10.5. The number of hydrogen-bond acceptors (Lipinski definition) is 2. The fraction of sp³-hybridized carbons (Fsp3) is 0. The lowest BCUT2D eigenvalue weighted by Gasteiger charge is -2.15. The summed E-state index contributed by atoms with van der Waals surface area (Å²) in [7, 11) is 0. The van der Waals surface area contributed by atoms with Crippen LogP contribution in [0.3, 0.4) is 0 Å². The molecule has 0 aliphatic rings. The van der Waals surface area contributed by atoms with Gasteiger partial charge in [0.25, 0.3) is 0 Å². The third-order valence-corrected chi connectivity index (χ3v) is 8.77. The first kappa shape index (κ1) is 25.4. The Kier molecular flexibility index (Phi) is 5.82. The lowest BCUT2D eigenvalue weighted by atomic mass is 10.0. The average molecular weight is 574 g/mol. The molecule has 0 saturated carbocycles. The van der Waals surface area contributed by atoms with Gasteiger partial charge in [-0.25, -0.2) is 9.97 Å². The first-order chi connectivity index (χ1) is 22.3. The number of benzene rings is 7. The standard InChI is InChI=1S/C42H27N3/c1-3-11-28(12-4-1)30-19-21-31(22-20-30)41-42(44-37-24-23-34(26-38(37)43-41)29-13-5-2-6-14-29)45-39-18-10-9-17-35(39)36-25-32-15-7-8-16-33(32)27-40(36)45/h1-27H. The van der Waals surface area contributed by atoms with Gasteiger partial charge in [-0.3, -0.25) is 4.57 Å². The van der Waals surface area contributed by atoms with E-state index in [1.54, 1.807) is 0 Å². The zero-order valence-electron chi connectivity index (χ0n) is 24.4. The van der Waals surface area contributed by atoms with Crippen molar-refractivity contribution in [3.05, 3.63) is 164 Å². The van der Waals surface area contributed by atoms with Crippen molar-refractivity contribution >= 4 is 43.6 Å². The van der Waals surface area contributed by atoms with Crippen LogP contribution in [-0.2, 0) is 0 Å². The number of para-hydroxylation sites is 1. The molecule has 0 saturated heterocycles. The largest absolute Gasteiger partial charge is 0.292 e. The van der Waals surface area contributed by atoms with Crippen LogP contribution in [0.1, 0.15) is 0 Å². The van der Waals surface area contributed by atoms with Gasteiger partial charge in [-0.2, -0.15) is 0 Å². The van der Waals surface area contributed by atoms with Crippen LogP contribution in [0, 0.1) is 0 Å². The van der Waals surface area contributed by atoms with E-state index in [2.05, 4.69) is 156 Å². The molecule has 0 radical (unpaired) electrons. The number of nitrogens with zero attached hydrogens (tertiary/aromatic N) is 3. The van der Waals surface area contributed by atoms with Crippen molar-refractivity contribution in [3.8, 4) is 39.3 Å². The highest BCUT2D eigenvalue weighted by atomic mass is 15.1. The summed E-state index contributed by atoms with van der Waals surface area (Å²) in [6.45, 7) is 0. The Hall–Kier alpha value is -6.06. The SMILES string of the molecule is c1ccc(-c2ccc(-c3nc4cc(-c5ccccc5)ccc4nc3-n3c4ccccc4c4cc5ccccc5cc43)cc2)cc1. The lowest BCUT2D eigenvalue weighted by Crippen LogP contribution is -2.04. The van der Waals surface area contributed by atoms with Crippen LogP contribution < -0.4 is 0 Å². The first-order valence-corrected chi connectivity index (χ1v) is 15.3. The number of fused-ring (bicyclic) bond motifs is 5. The van der Waals surface area contributed by atoms with E-state index >= 15 is 0 Å². The average Bonchev–Trinajstić information content (AvgIpc) is 3.43.